The second kappa shape index (κ2) is 4.24. The van der Waals surface area contributed by atoms with Gasteiger partial charge in [0.15, 0.2) is 11.5 Å². The molecule has 3 nitrogen and oxygen atoms in total. The van der Waals surface area contributed by atoms with Crippen LogP contribution in [0.3, 0.4) is 0 Å². The highest BCUT2D eigenvalue weighted by atomic mass is 16.5. The lowest BCUT2D eigenvalue weighted by atomic mass is 10.0. The van der Waals surface area contributed by atoms with Crippen LogP contribution in [0.15, 0.2) is 18.2 Å². The molecular weight excluding hydrogens is 216 g/mol. The summed E-state index contributed by atoms with van der Waals surface area (Å²) in [6, 6.07) is 3.52. The van der Waals surface area contributed by atoms with Gasteiger partial charge in [0.2, 0.25) is 0 Å². The van der Waals surface area contributed by atoms with Crippen molar-refractivity contribution < 1.29 is 14.3 Å². The van der Waals surface area contributed by atoms with Crippen molar-refractivity contribution in [1.29, 1.82) is 0 Å². The van der Waals surface area contributed by atoms with Crippen LogP contribution in [0.5, 0.6) is 11.5 Å². The minimum absolute atomic E-state index is 0.346. The first-order valence-electron chi connectivity index (χ1n) is 5.70. The fourth-order valence-electron chi connectivity index (χ4n) is 1.80. The van der Waals surface area contributed by atoms with Gasteiger partial charge in [0.1, 0.15) is 11.9 Å². The molecule has 1 aromatic rings. The van der Waals surface area contributed by atoms with Crippen LogP contribution >= 0.6 is 0 Å². The van der Waals surface area contributed by atoms with Gasteiger partial charge in [-0.2, -0.15) is 0 Å². The predicted molar refractivity (Wildman–Crippen MR) is 66.7 cm³/mol. The first-order chi connectivity index (χ1) is 8.05. The van der Waals surface area contributed by atoms with E-state index in [0.29, 0.717) is 23.7 Å². The van der Waals surface area contributed by atoms with Gasteiger partial charge in [-0.3, -0.25) is 4.79 Å². The molecule has 0 saturated carbocycles. The average molecular weight is 232 g/mol. The Kier molecular flexibility index (Phi) is 2.92. The molecule has 1 aromatic carbocycles. The highest BCUT2D eigenvalue weighted by Crippen LogP contribution is 2.39. The summed E-state index contributed by atoms with van der Waals surface area (Å²) in [4.78, 5) is 10.9. The van der Waals surface area contributed by atoms with Crippen LogP contribution in [-0.2, 0) is 0 Å². The lowest BCUT2D eigenvalue weighted by Gasteiger charge is -2.29. The summed E-state index contributed by atoms with van der Waals surface area (Å²) in [7, 11) is 0. The molecule has 0 fully saturated rings. The van der Waals surface area contributed by atoms with Crippen molar-refractivity contribution in [3.63, 3.8) is 0 Å². The third-order valence-electron chi connectivity index (χ3n) is 2.57. The Morgan fingerprint density at radius 1 is 1.41 bits per heavy atom. The number of carbonyl (C=O) groups is 1. The maximum absolute atomic E-state index is 10.9. The van der Waals surface area contributed by atoms with Crippen molar-refractivity contribution in [2.24, 2.45) is 0 Å². The minimum Gasteiger partial charge on any atom is -0.490 e. The predicted octanol–water partition coefficient (Wildman–Crippen LogP) is 3.08. The fraction of sp³-hybridized carbons (Fsp3) is 0.357. The molecule has 3 heteroatoms. The second-order valence-corrected chi connectivity index (χ2v) is 4.53. The summed E-state index contributed by atoms with van der Waals surface area (Å²) in [5.41, 5.74) is 1.14. The Labute approximate surface area is 101 Å². The standard InChI is InChI=1S/C14H16O3/c1-4-16-12-8-10(9-15)7-11-5-6-14(2,3)17-13(11)12/h5-9H,4H2,1-3H3. The van der Waals surface area contributed by atoms with Crippen molar-refractivity contribution in [3.8, 4) is 11.5 Å². The van der Waals surface area contributed by atoms with E-state index in [2.05, 4.69) is 0 Å². The summed E-state index contributed by atoms with van der Waals surface area (Å²) in [5.74, 6) is 1.34. The van der Waals surface area contributed by atoms with Gasteiger partial charge in [0.05, 0.1) is 6.61 Å². The van der Waals surface area contributed by atoms with Crippen LogP contribution in [0.25, 0.3) is 6.08 Å². The van der Waals surface area contributed by atoms with Crippen LogP contribution in [-0.4, -0.2) is 18.5 Å². The SMILES string of the molecule is CCOc1cc(C=O)cc2c1OC(C)(C)C=C2. The van der Waals surface area contributed by atoms with Gasteiger partial charge in [0, 0.05) is 11.1 Å². The van der Waals surface area contributed by atoms with E-state index in [1.807, 2.05) is 32.9 Å². The van der Waals surface area contributed by atoms with Crippen molar-refractivity contribution in [2.45, 2.75) is 26.4 Å². The molecule has 17 heavy (non-hydrogen) atoms. The number of hydrogen-bond donors (Lipinski definition) is 0. The zero-order chi connectivity index (χ0) is 12.5. The molecule has 1 heterocycles. The third-order valence-corrected chi connectivity index (χ3v) is 2.57. The van der Waals surface area contributed by atoms with Crippen LogP contribution in [0.2, 0.25) is 0 Å². The molecule has 90 valence electrons. The number of fused-ring (bicyclic) bond motifs is 1. The van der Waals surface area contributed by atoms with E-state index < -0.39 is 0 Å². The molecular formula is C14H16O3. The fourth-order valence-corrected chi connectivity index (χ4v) is 1.80. The molecule has 2 rings (SSSR count). The van der Waals surface area contributed by atoms with Gasteiger partial charge in [-0.1, -0.05) is 6.08 Å². The zero-order valence-corrected chi connectivity index (χ0v) is 10.3. The Bertz CT molecular complexity index is 473. The Morgan fingerprint density at radius 2 is 2.18 bits per heavy atom. The van der Waals surface area contributed by atoms with E-state index in [4.69, 9.17) is 9.47 Å². The molecule has 0 atom stereocenters. The molecule has 0 amide bonds. The number of aldehydes is 1. The number of rotatable bonds is 3. The first kappa shape index (κ1) is 11.7. The summed E-state index contributed by atoms with van der Waals surface area (Å²) in [6.07, 6.45) is 4.75. The second-order valence-electron chi connectivity index (χ2n) is 4.53. The quantitative estimate of drug-likeness (QED) is 0.751. The highest BCUT2D eigenvalue weighted by molar-refractivity contribution is 5.80. The number of ether oxygens (including phenoxy) is 2. The van der Waals surface area contributed by atoms with E-state index in [1.165, 1.54) is 0 Å². The van der Waals surface area contributed by atoms with Crippen LogP contribution < -0.4 is 9.47 Å². The normalized spacial score (nSPS) is 15.9. The molecule has 0 unspecified atom stereocenters. The van der Waals surface area contributed by atoms with Crippen molar-refractivity contribution in [2.75, 3.05) is 6.61 Å². The van der Waals surface area contributed by atoms with E-state index in [-0.39, 0.29) is 5.60 Å². The molecule has 0 saturated heterocycles. The molecule has 0 bridgehead atoms. The van der Waals surface area contributed by atoms with Gasteiger partial charge >= 0.3 is 0 Å². The van der Waals surface area contributed by atoms with E-state index in [0.717, 1.165) is 11.8 Å². The molecule has 0 spiro atoms. The maximum Gasteiger partial charge on any atom is 0.169 e. The highest BCUT2D eigenvalue weighted by Gasteiger charge is 2.25. The number of benzene rings is 1. The van der Waals surface area contributed by atoms with Crippen molar-refractivity contribution in [1.82, 2.24) is 0 Å². The van der Waals surface area contributed by atoms with Gasteiger partial charge in [-0.05, 0) is 39.0 Å². The van der Waals surface area contributed by atoms with Gasteiger partial charge in [-0.15, -0.1) is 0 Å². The smallest absolute Gasteiger partial charge is 0.169 e. The summed E-state index contributed by atoms with van der Waals surface area (Å²) in [5, 5.41) is 0. The molecule has 0 radical (unpaired) electrons. The van der Waals surface area contributed by atoms with Crippen LogP contribution in [0.4, 0.5) is 0 Å². The Hall–Kier alpha value is -1.77. The molecule has 0 aromatic heterocycles. The monoisotopic (exact) mass is 232 g/mol. The summed E-state index contributed by atoms with van der Waals surface area (Å²) >= 11 is 0. The largest absolute Gasteiger partial charge is 0.490 e. The molecule has 0 N–H and O–H groups in total. The van der Waals surface area contributed by atoms with Crippen LogP contribution in [0.1, 0.15) is 36.7 Å². The first-order valence-corrected chi connectivity index (χ1v) is 5.70. The maximum atomic E-state index is 10.9. The molecule has 1 aliphatic rings. The topological polar surface area (TPSA) is 35.5 Å². The molecule has 0 aliphatic carbocycles. The van der Waals surface area contributed by atoms with Crippen LogP contribution in [0, 0.1) is 0 Å². The number of hydrogen-bond acceptors (Lipinski definition) is 3. The summed E-state index contributed by atoms with van der Waals surface area (Å²) in [6.45, 7) is 6.41. The van der Waals surface area contributed by atoms with Crippen molar-refractivity contribution >= 4 is 12.4 Å². The number of carbonyl (C=O) groups excluding carboxylic acids is 1. The van der Waals surface area contributed by atoms with Gasteiger partial charge < -0.3 is 9.47 Å². The Morgan fingerprint density at radius 3 is 2.82 bits per heavy atom. The van der Waals surface area contributed by atoms with Gasteiger partial charge in [-0.25, -0.2) is 0 Å². The van der Waals surface area contributed by atoms with E-state index in [9.17, 15) is 4.79 Å². The average Bonchev–Trinajstić information content (AvgIpc) is 2.29. The van der Waals surface area contributed by atoms with E-state index >= 15 is 0 Å². The lowest BCUT2D eigenvalue weighted by molar-refractivity contribution is 0.112. The molecule has 1 aliphatic heterocycles. The lowest BCUT2D eigenvalue weighted by Crippen LogP contribution is -2.27. The van der Waals surface area contributed by atoms with E-state index in [1.54, 1.807) is 12.1 Å². The summed E-state index contributed by atoms with van der Waals surface area (Å²) < 4.78 is 11.4. The minimum atomic E-state index is -0.346. The van der Waals surface area contributed by atoms with Crippen molar-refractivity contribution in [3.05, 3.63) is 29.3 Å². The zero-order valence-electron chi connectivity index (χ0n) is 10.3. The third kappa shape index (κ3) is 2.33. The van der Waals surface area contributed by atoms with Gasteiger partial charge in [0.25, 0.3) is 0 Å². The Balaban J connectivity index is 2.53.